The fraction of sp³-hybridized carbons (Fsp3) is 0.556. The summed E-state index contributed by atoms with van der Waals surface area (Å²) in [5.74, 6) is 0.967. The normalized spacial score (nSPS) is 19.2. The van der Waals surface area contributed by atoms with Crippen molar-refractivity contribution < 1.29 is 9.53 Å². The van der Waals surface area contributed by atoms with Crippen molar-refractivity contribution in [3.05, 3.63) is 29.7 Å². The zero-order valence-electron chi connectivity index (χ0n) is 15.2. The molecule has 0 spiro atoms. The zero-order chi connectivity index (χ0) is 18.5. The van der Waals surface area contributed by atoms with Gasteiger partial charge in [0.15, 0.2) is 5.13 Å². The van der Waals surface area contributed by atoms with Gasteiger partial charge in [-0.15, -0.1) is 11.3 Å². The quantitative estimate of drug-likeness (QED) is 0.833. The molecule has 2 aromatic heterocycles. The number of hydrogen-bond donors (Lipinski definition) is 1. The van der Waals surface area contributed by atoms with Crippen molar-refractivity contribution >= 4 is 28.2 Å². The highest BCUT2D eigenvalue weighted by Crippen LogP contribution is 2.24. The van der Waals surface area contributed by atoms with Gasteiger partial charge in [-0.05, 0) is 12.8 Å². The summed E-state index contributed by atoms with van der Waals surface area (Å²) in [6, 6.07) is 0. The number of piperidine rings is 1. The van der Waals surface area contributed by atoms with Crippen molar-refractivity contribution in [2.75, 3.05) is 49.6 Å². The molecule has 0 atom stereocenters. The second-order valence-corrected chi connectivity index (χ2v) is 7.70. The van der Waals surface area contributed by atoms with E-state index in [9.17, 15) is 4.79 Å². The molecule has 0 aromatic carbocycles. The van der Waals surface area contributed by atoms with E-state index in [4.69, 9.17) is 4.74 Å². The summed E-state index contributed by atoms with van der Waals surface area (Å²) in [6.07, 6.45) is 6.77. The molecule has 9 heteroatoms. The van der Waals surface area contributed by atoms with Crippen molar-refractivity contribution in [2.24, 2.45) is 5.92 Å². The van der Waals surface area contributed by atoms with Gasteiger partial charge in [0, 0.05) is 56.4 Å². The highest BCUT2D eigenvalue weighted by molar-refractivity contribution is 7.13. The number of carbonyl (C=O) groups is 1. The standard InChI is InChI=1S/C18H24N6O2S/c25-17(14-1-5-24(6-2-14)16-11-19-3-4-20-16)22-18-21-15(13-27-18)12-23-7-9-26-10-8-23/h3-4,11,13-14H,1-2,5-10,12H2,(H,21,22,25). The average molecular weight is 388 g/mol. The molecule has 1 N–H and O–H groups in total. The first-order valence-corrected chi connectivity index (χ1v) is 10.2. The Kier molecular flexibility index (Phi) is 5.90. The number of amides is 1. The molecule has 144 valence electrons. The van der Waals surface area contributed by atoms with Gasteiger partial charge >= 0.3 is 0 Å². The van der Waals surface area contributed by atoms with Crippen LogP contribution in [0.4, 0.5) is 10.9 Å². The second kappa shape index (κ2) is 8.73. The molecule has 4 heterocycles. The number of rotatable bonds is 5. The van der Waals surface area contributed by atoms with E-state index in [0.717, 1.165) is 70.3 Å². The molecule has 1 amide bonds. The first-order chi connectivity index (χ1) is 13.3. The van der Waals surface area contributed by atoms with Gasteiger partial charge in [0.05, 0.1) is 25.1 Å². The summed E-state index contributed by atoms with van der Waals surface area (Å²) in [4.78, 5) is 30.1. The summed E-state index contributed by atoms with van der Waals surface area (Å²) in [5, 5.41) is 5.73. The van der Waals surface area contributed by atoms with Crippen LogP contribution in [0.5, 0.6) is 0 Å². The van der Waals surface area contributed by atoms with Crippen LogP contribution in [0.15, 0.2) is 24.0 Å². The maximum Gasteiger partial charge on any atom is 0.229 e. The Balaban J connectivity index is 1.26. The maximum absolute atomic E-state index is 12.6. The smallest absolute Gasteiger partial charge is 0.229 e. The molecule has 0 radical (unpaired) electrons. The second-order valence-electron chi connectivity index (χ2n) is 6.85. The summed E-state index contributed by atoms with van der Waals surface area (Å²) >= 11 is 1.50. The van der Waals surface area contributed by atoms with E-state index >= 15 is 0 Å². The number of carbonyl (C=O) groups excluding carboxylic acids is 1. The number of morpholine rings is 1. The van der Waals surface area contributed by atoms with Gasteiger partial charge in [-0.25, -0.2) is 9.97 Å². The highest BCUT2D eigenvalue weighted by atomic mass is 32.1. The Morgan fingerprint density at radius 1 is 1.22 bits per heavy atom. The van der Waals surface area contributed by atoms with Crippen LogP contribution in [0.3, 0.4) is 0 Å². The van der Waals surface area contributed by atoms with Crippen LogP contribution in [-0.2, 0) is 16.1 Å². The van der Waals surface area contributed by atoms with Gasteiger partial charge in [-0.2, -0.15) is 0 Å². The largest absolute Gasteiger partial charge is 0.379 e. The number of thiazole rings is 1. The van der Waals surface area contributed by atoms with Gasteiger partial charge in [-0.1, -0.05) is 0 Å². The lowest BCUT2D eigenvalue weighted by Crippen LogP contribution is -2.38. The van der Waals surface area contributed by atoms with E-state index in [1.807, 2.05) is 5.38 Å². The first-order valence-electron chi connectivity index (χ1n) is 9.34. The molecular formula is C18H24N6O2S. The number of nitrogens with zero attached hydrogens (tertiary/aromatic N) is 5. The molecule has 0 bridgehead atoms. The van der Waals surface area contributed by atoms with E-state index in [-0.39, 0.29) is 11.8 Å². The van der Waals surface area contributed by atoms with Crippen LogP contribution in [0.1, 0.15) is 18.5 Å². The summed E-state index contributed by atoms with van der Waals surface area (Å²) < 4.78 is 5.37. The molecule has 0 unspecified atom stereocenters. The third-order valence-electron chi connectivity index (χ3n) is 5.01. The van der Waals surface area contributed by atoms with E-state index in [1.54, 1.807) is 18.6 Å². The Hall–Kier alpha value is -2.10. The lowest BCUT2D eigenvalue weighted by molar-refractivity contribution is -0.120. The lowest BCUT2D eigenvalue weighted by Gasteiger charge is -2.31. The van der Waals surface area contributed by atoms with Crippen molar-refractivity contribution in [3.63, 3.8) is 0 Å². The fourth-order valence-electron chi connectivity index (χ4n) is 3.46. The predicted molar refractivity (Wildman–Crippen MR) is 104 cm³/mol. The van der Waals surface area contributed by atoms with E-state index in [2.05, 4.69) is 30.1 Å². The predicted octanol–water partition coefficient (Wildman–Crippen LogP) is 1.62. The summed E-state index contributed by atoms with van der Waals surface area (Å²) in [5.41, 5.74) is 1.01. The average Bonchev–Trinajstić information content (AvgIpc) is 3.16. The molecule has 2 aliphatic rings. The molecule has 8 nitrogen and oxygen atoms in total. The molecule has 27 heavy (non-hydrogen) atoms. The van der Waals surface area contributed by atoms with E-state index in [1.165, 1.54) is 11.3 Å². The maximum atomic E-state index is 12.6. The van der Waals surface area contributed by atoms with Gasteiger partial charge < -0.3 is 15.0 Å². The van der Waals surface area contributed by atoms with Crippen molar-refractivity contribution in [3.8, 4) is 0 Å². The fourth-order valence-corrected chi connectivity index (χ4v) is 4.16. The minimum atomic E-state index is 0.0181. The number of aromatic nitrogens is 3. The van der Waals surface area contributed by atoms with Gasteiger partial charge in [-0.3, -0.25) is 14.7 Å². The van der Waals surface area contributed by atoms with E-state index in [0.29, 0.717) is 5.13 Å². The molecule has 2 aliphatic heterocycles. The Labute approximate surface area is 162 Å². The van der Waals surface area contributed by atoms with Crippen molar-refractivity contribution in [2.45, 2.75) is 19.4 Å². The van der Waals surface area contributed by atoms with E-state index < -0.39 is 0 Å². The summed E-state index contributed by atoms with van der Waals surface area (Å²) in [6.45, 7) is 5.87. The molecule has 2 fully saturated rings. The van der Waals surface area contributed by atoms with Crippen molar-refractivity contribution in [1.29, 1.82) is 0 Å². The monoisotopic (exact) mass is 388 g/mol. The highest BCUT2D eigenvalue weighted by Gasteiger charge is 2.26. The van der Waals surface area contributed by atoms with Crippen LogP contribution in [0.2, 0.25) is 0 Å². The molecule has 4 rings (SSSR count). The summed E-state index contributed by atoms with van der Waals surface area (Å²) in [7, 11) is 0. The minimum absolute atomic E-state index is 0.0181. The lowest BCUT2D eigenvalue weighted by atomic mass is 9.96. The van der Waals surface area contributed by atoms with Crippen LogP contribution < -0.4 is 10.2 Å². The Bertz CT molecular complexity index is 741. The molecular weight excluding hydrogens is 364 g/mol. The zero-order valence-corrected chi connectivity index (χ0v) is 16.0. The first kappa shape index (κ1) is 18.3. The van der Waals surface area contributed by atoms with Crippen LogP contribution in [-0.4, -0.2) is 65.2 Å². The van der Waals surface area contributed by atoms with Crippen LogP contribution in [0, 0.1) is 5.92 Å². The molecule has 2 saturated heterocycles. The number of anilines is 2. The SMILES string of the molecule is O=C(Nc1nc(CN2CCOCC2)cs1)C1CCN(c2cnccn2)CC1. The van der Waals surface area contributed by atoms with Crippen molar-refractivity contribution in [1.82, 2.24) is 19.9 Å². The third kappa shape index (κ3) is 4.79. The molecule has 2 aromatic rings. The Morgan fingerprint density at radius 3 is 2.78 bits per heavy atom. The van der Waals surface area contributed by atoms with Gasteiger partial charge in [0.2, 0.25) is 5.91 Å². The van der Waals surface area contributed by atoms with Crippen LogP contribution in [0.25, 0.3) is 0 Å². The number of nitrogens with one attached hydrogen (secondary N) is 1. The topological polar surface area (TPSA) is 83.5 Å². The Morgan fingerprint density at radius 2 is 2.04 bits per heavy atom. The van der Waals surface area contributed by atoms with Crippen LogP contribution >= 0.6 is 11.3 Å². The molecule has 0 aliphatic carbocycles. The number of hydrogen-bond acceptors (Lipinski definition) is 8. The van der Waals surface area contributed by atoms with Gasteiger partial charge in [0.25, 0.3) is 0 Å². The number of ether oxygens (including phenoxy) is 1. The minimum Gasteiger partial charge on any atom is -0.379 e. The van der Waals surface area contributed by atoms with Gasteiger partial charge in [0.1, 0.15) is 5.82 Å². The third-order valence-corrected chi connectivity index (χ3v) is 5.82. The molecule has 0 saturated carbocycles.